The summed E-state index contributed by atoms with van der Waals surface area (Å²) in [7, 11) is 0. The molecule has 1 saturated heterocycles. The first-order valence-corrected chi connectivity index (χ1v) is 8.81. The molecule has 27 heavy (non-hydrogen) atoms. The van der Waals surface area contributed by atoms with Crippen molar-refractivity contribution < 1.29 is 19.1 Å². The minimum absolute atomic E-state index is 0.195. The summed E-state index contributed by atoms with van der Waals surface area (Å²) in [5.41, 5.74) is 0.673. The molecule has 2 aromatic rings. The van der Waals surface area contributed by atoms with Gasteiger partial charge in [0, 0.05) is 38.1 Å². The van der Waals surface area contributed by atoms with Gasteiger partial charge in [-0.2, -0.15) is 0 Å². The van der Waals surface area contributed by atoms with Gasteiger partial charge in [-0.1, -0.05) is 0 Å². The summed E-state index contributed by atoms with van der Waals surface area (Å²) in [5, 5.41) is 2.86. The van der Waals surface area contributed by atoms with Crippen LogP contribution in [0.4, 0.5) is 15.3 Å². The summed E-state index contributed by atoms with van der Waals surface area (Å²) in [4.78, 5) is 31.4. The van der Waals surface area contributed by atoms with Crippen LogP contribution in [-0.2, 0) is 4.74 Å². The fraction of sp³-hybridized carbons (Fsp3) is 0.316. The van der Waals surface area contributed by atoms with Gasteiger partial charge in [0.2, 0.25) is 0 Å². The van der Waals surface area contributed by atoms with E-state index in [2.05, 4.69) is 10.3 Å². The van der Waals surface area contributed by atoms with Crippen LogP contribution in [0.2, 0.25) is 0 Å². The number of benzene rings is 1. The molecule has 0 unspecified atom stereocenters. The topological polar surface area (TPSA) is 84.0 Å². The molecule has 1 aliphatic heterocycles. The maximum atomic E-state index is 12.4. The molecular weight excluding hydrogens is 348 g/mol. The normalized spacial score (nSPS) is 13.8. The minimum Gasteiger partial charge on any atom is -0.456 e. The smallest absolute Gasteiger partial charge is 0.409 e. The predicted octanol–water partition coefficient (Wildman–Crippen LogP) is 3.18. The SMILES string of the molecule is CCOC(=O)N1CCN(C(=O)Nc2ccc(Oc3cccnc3)cc2)CC1. The van der Waals surface area contributed by atoms with Crippen LogP contribution in [0.3, 0.4) is 0 Å². The lowest BCUT2D eigenvalue weighted by atomic mass is 10.3. The molecule has 1 aliphatic rings. The highest BCUT2D eigenvalue weighted by molar-refractivity contribution is 5.89. The number of nitrogens with zero attached hydrogens (tertiary/aromatic N) is 3. The molecule has 1 aromatic carbocycles. The van der Waals surface area contributed by atoms with Gasteiger partial charge in [0.1, 0.15) is 11.5 Å². The number of aromatic nitrogens is 1. The molecule has 2 heterocycles. The van der Waals surface area contributed by atoms with Gasteiger partial charge in [-0.05, 0) is 43.3 Å². The summed E-state index contributed by atoms with van der Waals surface area (Å²) >= 11 is 0. The number of ether oxygens (including phenoxy) is 2. The Bertz CT molecular complexity index is 759. The van der Waals surface area contributed by atoms with E-state index in [1.807, 2.05) is 6.07 Å². The molecule has 8 nitrogen and oxygen atoms in total. The lowest BCUT2D eigenvalue weighted by Gasteiger charge is -2.34. The van der Waals surface area contributed by atoms with Crippen LogP contribution < -0.4 is 10.1 Å². The zero-order valence-electron chi connectivity index (χ0n) is 15.1. The van der Waals surface area contributed by atoms with E-state index in [1.54, 1.807) is 59.4 Å². The summed E-state index contributed by atoms with van der Waals surface area (Å²) < 4.78 is 10.7. The fourth-order valence-electron chi connectivity index (χ4n) is 2.66. The van der Waals surface area contributed by atoms with E-state index >= 15 is 0 Å². The predicted molar refractivity (Wildman–Crippen MR) is 99.9 cm³/mol. The van der Waals surface area contributed by atoms with E-state index < -0.39 is 0 Å². The van der Waals surface area contributed by atoms with Crippen LogP contribution in [0.15, 0.2) is 48.8 Å². The van der Waals surface area contributed by atoms with Gasteiger partial charge in [-0.15, -0.1) is 0 Å². The number of nitrogens with one attached hydrogen (secondary N) is 1. The van der Waals surface area contributed by atoms with Crippen LogP contribution in [0.25, 0.3) is 0 Å². The van der Waals surface area contributed by atoms with Crippen molar-refractivity contribution in [2.24, 2.45) is 0 Å². The van der Waals surface area contributed by atoms with Crippen LogP contribution in [0.5, 0.6) is 11.5 Å². The third-order valence-electron chi connectivity index (χ3n) is 4.07. The molecule has 3 rings (SSSR count). The second kappa shape index (κ2) is 8.88. The molecular formula is C19H22N4O4. The number of hydrogen-bond donors (Lipinski definition) is 1. The summed E-state index contributed by atoms with van der Waals surface area (Å²) in [6, 6.07) is 10.5. The quantitative estimate of drug-likeness (QED) is 0.894. The molecule has 3 amide bonds. The Labute approximate surface area is 157 Å². The number of amides is 3. The van der Waals surface area contributed by atoms with Crippen molar-refractivity contribution in [2.75, 3.05) is 38.1 Å². The zero-order chi connectivity index (χ0) is 19.1. The van der Waals surface area contributed by atoms with Gasteiger partial charge in [-0.25, -0.2) is 9.59 Å². The van der Waals surface area contributed by atoms with Gasteiger partial charge in [0.15, 0.2) is 0 Å². The molecule has 1 N–H and O–H groups in total. The molecule has 8 heteroatoms. The maximum Gasteiger partial charge on any atom is 0.409 e. The number of urea groups is 1. The van der Waals surface area contributed by atoms with Crippen LogP contribution >= 0.6 is 0 Å². The average Bonchev–Trinajstić information content (AvgIpc) is 2.70. The van der Waals surface area contributed by atoms with Crippen molar-refractivity contribution in [3.63, 3.8) is 0 Å². The van der Waals surface area contributed by atoms with E-state index in [1.165, 1.54) is 0 Å². The first-order chi connectivity index (χ1) is 13.2. The second-order valence-corrected chi connectivity index (χ2v) is 5.92. The van der Waals surface area contributed by atoms with E-state index in [0.29, 0.717) is 50.0 Å². The Morgan fingerprint density at radius 2 is 1.74 bits per heavy atom. The Morgan fingerprint density at radius 3 is 2.37 bits per heavy atom. The van der Waals surface area contributed by atoms with E-state index in [0.717, 1.165) is 0 Å². The highest BCUT2D eigenvalue weighted by Gasteiger charge is 2.24. The number of rotatable bonds is 4. The Balaban J connectivity index is 1.49. The number of carbonyl (C=O) groups is 2. The number of anilines is 1. The van der Waals surface area contributed by atoms with Crippen LogP contribution in [0.1, 0.15) is 6.92 Å². The third-order valence-corrected chi connectivity index (χ3v) is 4.07. The van der Waals surface area contributed by atoms with Gasteiger partial charge >= 0.3 is 12.1 Å². The van der Waals surface area contributed by atoms with Crippen molar-refractivity contribution in [1.82, 2.24) is 14.8 Å². The van der Waals surface area contributed by atoms with Crippen LogP contribution in [-0.4, -0.2) is 59.7 Å². The van der Waals surface area contributed by atoms with Gasteiger partial charge in [-0.3, -0.25) is 4.98 Å². The van der Waals surface area contributed by atoms with Crippen LogP contribution in [0, 0.1) is 0 Å². The standard InChI is InChI=1S/C19H22N4O4/c1-2-26-19(25)23-12-10-22(11-13-23)18(24)21-15-5-7-16(8-6-15)27-17-4-3-9-20-14-17/h3-9,14H,2,10-13H2,1H3,(H,21,24). The summed E-state index contributed by atoms with van der Waals surface area (Å²) in [6.45, 7) is 3.97. The number of hydrogen-bond acceptors (Lipinski definition) is 5. The fourth-order valence-corrected chi connectivity index (χ4v) is 2.66. The number of pyridine rings is 1. The third kappa shape index (κ3) is 5.10. The Morgan fingerprint density at radius 1 is 1.04 bits per heavy atom. The molecule has 1 fully saturated rings. The maximum absolute atomic E-state index is 12.4. The molecule has 0 radical (unpaired) electrons. The number of piperazine rings is 1. The molecule has 0 atom stereocenters. The largest absolute Gasteiger partial charge is 0.456 e. The van der Waals surface area contributed by atoms with Crippen molar-refractivity contribution in [3.05, 3.63) is 48.8 Å². The van der Waals surface area contributed by atoms with Crippen molar-refractivity contribution in [3.8, 4) is 11.5 Å². The average molecular weight is 370 g/mol. The second-order valence-electron chi connectivity index (χ2n) is 5.92. The lowest BCUT2D eigenvalue weighted by Crippen LogP contribution is -2.51. The summed E-state index contributed by atoms with van der Waals surface area (Å²) in [5.74, 6) is 1.30. The molecule has 0 spiro atoms. The first-order valence-electron chi connectivity index (χ1n) is 8.81. The molecule has 142 valence electrons. The van der Waals surface area contributed by atoms with Crippen molar-refractivity contribution in [1.29, 1.82) is 0 Å². The summed E-state index contributed by atoms with van der Waals surface area (Å²) in [6.07, 6.45) is 2.98. The monoisotopic (exact) mass is 370 g/mol. The Kier molecular flexibility index (Phi) is 6.09. The van der Waals surface area contributed by atoms with Gasteiger partial charge in [0.05, 0.1) is 12.8 Å². The van der Waals surface area contributed by atoms with Gasteiger partial charge in [0.25, 0.3) is 0 Å². The molecule has 0 bridgehead atoms. The molecule has 0 aliphatic carbocycles. The van der Waals surface area contributed by atoms with E-state index in [9.17, 15) is 9.59 Å². The van der Waals surface area contributed by atoms with Gasteiger partial charge < -0.3 is 24.6 Å². The highest BCUT2D eigenvalue weighted by atomic mass is 16.6. The van der Waals surface area contributed by atoms with Crippen molar-refractivity contribution >= 4 is 17.8 Å². The lowest BCUT2D eigenvalue weighted by molar-refractivity contribution is 0.0868. The first kappa shape index (κ1) is 18.5. The zero-order valence-corrected chi connectivity index (χ0v) is 15.1. The molecule has 0 saturated carbocycles. The number of carbonyl (C=O) groups excluding carboxylic acids is 2. The highest BCUT2D eigenvalue weighted by Crippen LogP contribution is 2.22. The van der Waals surface area contributed by atoms with E-state index in [4.69, 9.17) is 9.47 Å². The van der Waals surface area contributed by atoms with Crippen molar-refractivity contribution in [2.45, 2.75) is 6.92 Å². The minimum atomic E-state index is -0.332. The molecule has 1 aromatic heterocycles. The van der Waals surface area contributed by atoms with E-state index in [-0.39, 0.29) is 12.1 Å². The Hall–Kier alpha value is -3.29.